The van der Waals surface area contributed by atoms with Crippen molar-refractivity contribution in [2.75, 3.05) is 6.61 Å². The molecule has 4 heteroatoms. The van der Waals surface area contributed by atoms with Crippen LogP contribution in [0.15, 0.2) is 24.3 Å². The van der Waals surface area contributed by atoms with E-state index in [2.05, 4.69) is 4.74 Å². The molecule has 0 aliphatic rings. The second-order valence-electron chi connectivity index (χ2n) is 2.73. The SMILES string of the molecule is CCOC(=O)/C=C/c1cccc(Cl)c1F. The summed E-state index contributed by atoms with van der Waals surface area (Å²) in [6, 6.07) is 4.58. The van der Waals surface area contributed by atoms with Crippen molar-refractivity contribution >= 4 is 23.6 Å². The molecule has 0 fully saturated rings. The van der Waals surface area contributed by atoms with Crippen LogP contribution in [-0.2, 0) is 9.53 Å². The van der Waals surface area contributed by atoms with Gasteiger partial charge in [-0.05, 0) is 19.1 Å². The zero-order chi connectivity index (χ0) is 11.3. The summed E-state index contributed by atoms with van der Waals surface area (Å²) in [6.07, 6.45) is 2.50. The van der Waals surface area contributed by atoms with Gasteiger partial charge in [-0.2, -0.15) is 0 Å². The smallest absolute Gasteiger partial charge is 0.330 e. The van der Waals surface area contributed by atoms with Gasteiger partial charge in [0.15, 0.2) is 0 Å². The molecule has 0 radical (unpaired) electrons. The predicted octanol–water partition coefficient (Wildman–Crippen LogP) is 3.06. The van der Waals surface area contributed by atoms with E-state index in [9.17, 15) is 9.18 Å². The van der Waals surface area contributed by atoms with Gasteiger partial charge < -0.3 is 4.74 Å². The lowest BCUT2D eigenvalue weighted by Crippen LogP contribution is -1.98. The minimum absolute atomic E-state index is 0.0287. The zero-order valence-electron chi connectivity index (χ0n) is 8.17. The van der Waals surface area contributed by atoms with Crippen molar-refractivity contribution in [1.29, 1.82) is 0 Å². The van der Waals surface area contributed by atoms with Crippen molar-refractivity contribution in [2.24, 2.45) is 0 Å². The Kier molecular flexibility index (Phi) is 4.31. The van der Waals surface area contributed by atoms with Crippen molar-refractivity contribution in [1.82, 2.24) is 0 Å². The first-order valence-corrected chi connectivity index (χ1v) is 4.81. The number of halogens is 2. The molecule has 0 aliphatic heterocycles. The number of rotatable bonds is 3. The molecule has 0 unspecified atom stereocenters. The number of carbonyl (C=O) groups is 1. The van der Waals surface area contributed by atoms with E-state index in [1.54, 1.807) is 13.0 Å². The Hall–Kier alpha value is -1.35. The second kappa shape index (κ2) is 5.51. The van der Waals surface area contributed by atoms with E-state index in [1.165, 1.54) is 18.2 Å². The first-order valence-electron chi connectivity index (χ1n) is 4.44. The maximum absolute atomic E-state index is 13.3. The molecule has 0 saturated carbocycles. The maximum atomic E-state index is 13.3. The van der Waals surface area contributed by atoms with Gasteiger partial charge in [-0.3, -0.25) is 0 Å². The second-order valence-corrected chi connectivity index (χ2v) is 3.14. The Labute approximate surface area is 92.3 Å². The van der Waals surface area contributed by atoms with E-state index in [0.717, 1.165) is 6.08 Å². The van der Waals surface area contributed by atoms with Gasteiger partial charge in [0.25, 0.3) is 0 Å². The fraction of sp³-hybridized carbons (Fsp3) is 0.182. The van der Waals surface area contributed by atoms with Crippen LogP contribution in [0.25, 0.3) is 6.08 Å². The van der Waals surface area contributed by atoms with Crippen LogP contribution < -0.4 is 0 Å². The van der Waals surface area contributed by atoms with Crippen LogP contribution in [0.1, 0.15) is 12.5 Å². The van der Waals surface area contributed by atoms with Crippen LogP contribution in [0, 0.1) is 5.82 Å². The van der Waals surface area contributed by atoms with Crippen LogP contribution >= 0.6 is 11.6 Å². The summed E-state index contributed by atoms with van der Waals surface area (Å²) in [7, 11) is 0. The number of benzene rings is 1. The van der Waals surface area contributed by atoms with Gasteiger partial charge in [-0.1, -0.05) is 23.7 Å². The van der Waals surface area contributed by atoms with E-state index in [-0.39, 0.29) is 10.6 Å². The van der Waals surface area contributed by atoms with Crippen molar-refractivity contribution < 1.29 is 13.9 Å². The van der Waals surface area contributed by atoms with Gasteiger partial charge in [0.1, 0.15) is 5.82 Å². The van der Waals surface area contributed by atoms with Crippen molar-refractivity contribution in [3.05, 3.63) is 40.7 Å². The maximum Gasteiger partial charge on any atom is 0.330 e. The highest BCUT2D eigenvalue weighted by Gasteiger charge is 2.03. The summed E-state index contributed by atoms with van der Waals surface area (Å²) in [5, 5.41) is 0.0287. The first kappa shape index (κ1) is 11.7. The average molecular weight is 229 g/mol. The number of hydrogen-bond acceptors (Lipinski definition) is 2. The van der Waals surface area contributed by atoms with Gasteiger partial charge in [0, 0.05) is 11.6 Å². The molecule has 0 amide bonds. The first-order chi connectivity index (χ1) is 7.15. The minimum atomic E-state index is -0.542. The average Bonchev–Trinajstić information content (AvgIpc) is 2.21. The van der Waals surface area contributed by atoms with E-state index in [1.807, 2.05) is 0 Å². The topological polar surface area (TPSA) is 26.3 Å². The predicted molar refractivity (Wildman–Crippen MR) is 57.1 cm³/mol. The molecule has 0 aliphatic carbocycles. The van der Waals surface area contributed by atoms with Crippen molar-refractivity contribution in [2.45, 2.75) is 6.92 Å². The summed E-state index contributed by atoms with van der Waals surface area (Å²) >= 11 is 5.57. The molecule has 80 valence electrons. The van der Waals surface area contributed by atoms with Crippen molar-refractivity contribution in [3.63, 3.8) is 0 Å². The fourth-order valence-corrected chi connectivity index (χ4v) is 1.18. The van der Waals surface area contributed by atoms with E-state index in [0.29, 0.717) is 6.61 Å². The Balaban J connectivity index is 2.81. The number of ether oxygens (including phenoxy) is 1. The molecule has 1 rings (SSSR count). The van der Waals surface area contributed by atoms with Gasteiger partial charge in [-0.15, -0.1) is 0 Å². The number of hydrogen-bond donors (Lipinski definition) is 0. The third-order valence-corrected chi connectivity index (χ3v) is 1.96. The lowest BCUT2D eigenvalue weighted by atomic mass is 10.2. The van der Waals surface area contributed by atoms with Crippen molar-refractivity contribution in [3.8, 4) is 0 Å². The zero-order valence-corrected chi connectivity index (χ0v) is 8.92. The summed E-state index contributed by atoms with van der Waals surface area (Å²) < 4.78 is 18.0. The van der Waals surface area contributed by atoms with E-state index >= 15 is 0 Å². The lowest BCUT2D eigenvalue weighted by molar-refractivity contribution is -0.137. The van der Waals surface area contributed by atoms with Gasteiger partial charge in [-0.25, -0.2) is 9.18 Å². The molecule has 0 atom stereocenters. The fourth-order valence-electron chi connectivity index (χ4n) is 0.997. The Morgan fingerprint density at radius 3 is 3.00 bits per heavy atom. The molecule has 0 saturated heterocycles. The molecule has 1 aromatic rings. The van der Waals surface area contributed by atoms with E-state index in [4.69, 9.17) is 11.6 Å². The quantitative estimate of drug-likeness (QED) is 0.587. The Morgan fingerprint density at radius 2 is 2.33 bits per heavy atom. The normalized spacial score (nSPS) is 10.6. The van der Waals surface area contributed by atoms with Crippen LogP contribution in [0.4, 0.5) is 4.39 Å². The largest absolute Gasteiger partial charge is 0.463 e. The number of carbonyl (C=O) groups excluding carboxylic acids is 1. The molecule has 0 bridgehead atoms. The molecule has 0 aromatic heterocycles. The number of esters is 1. The summed E-state index contributed by atoms with van der Waals surface area (Å²) in [6.45, 7) is 1.99. The highest BCUT2D eigenvalue weighted by molar-refractivity contribution is 6.30. The summed E-state index contributed by atoms with van der Waals surface area (Å²) in [5.74, 6) is -1.04. The van der Waals surface area contributed by atoms with Gasteiger partial charge >= 0.3 is 5.97 Å². The molecule has 0 N–H and O–H groups in total. The molecular formula is C11H10ClFO2. The Bertz CT molecular complexity index is 388. The highest BCUT2D eigenvalue weighted by atomic mass is 35.5. The monoisotopic (exact) mass is 228 g/mol. The molecule has 0 spiro atoms. The lowest BCUT2D eigenvalue weighted by Gasteiger charge is -1.98. The van der Waals surface area contributed by atoms with Gasteiger partial charge in [0.2, 0.25) is 0 Å². The third kappa shape index (κ3) is 3.36. The minimum Gasteiger partial charge on any atom is -0.463 e. The van der Waals surface area contributed by atoms with Crippen LogP contribution in [0.2, 0.25) is 5.02 Å². The summed E-state index contributed by atoms with van der Waals surface area (Å²) in [4.78, 5) is 10.9. The van der Waals surface area contributed by atoms with Crippen LogP contribution in [0.5, 0.6) is 0 Å². The highest BCUT2D eigenvalue weighted by Crippen LogP contribution is 2.18. The van der Waals surface area contributed by atoms with Crippen LogP contribution in [-0.4, -0.2) is 12.6 Å². The molecule has 15 heavy (non-hydrogen) atoms. The van der Waals surface area contributed by atoms with Gasteiger partial charge in [0.05, 0.1) is 11.6 Å². The molecule has 2 nitrogen and oxygen atoms in total. The standard InChI is InChI=1S/C11H10ClFO2/c1-2-15-10(14)7-6-8-4-3-5-9(12)11(8)13/h3-7H,2H2,1H3/b7-6+. The molecule has 0 heterocycles. The summed E-state index contributed by atoms with van der Waals surface area (Å²) in [5.41, 5.74) is 0.260. The van der Waals surface area contributed by atoms with E-state index < -0.39 is 11.8 Å². The Morgan fingerprint density at radius 1 is 1.60 bits per heavy atom. The third-order valence-electron chi connectivity index (χ3n) is 1.67. The van der Waals surface area contributed by atoms with Crippen LogP contribution in [0.3, 0.4) is 0 Å². The molecular weight excluding hydrogens is 219 g/mol. The molecule has 1 aromatic carbocycles.